The molecular weight excluding hydrogens is 330 g/mol. The van der Waals surface area contributed by atoms with Crippen LogP contribution in [0.25, 0.3) is 0 Å². The van der Waals surface area contributed by atoms with Crippen molar-refractivity contribution in [3.8, 4) is 0 Å². The van der Waals surface area contributed by atoms with E-state index in [1.54, 1.807) is 0 Å². The van der Waals surface area contributed by atoms with Crippen LogP contribution < -0.4 is 5.32 Å². The van der Waals surface area contributed by atoms with Gasteiger partial charge in [0.2, 0.25) is 12.1 Å². The number of carbonyl (C=O) groups is 1. The third kappa shape index (κ3) is 3.60. The van der Waals surface area contributed by atoms with Gasteiger partial charge in [-0.2, -0.15) is 0 Å². The fraction of sp³-hybridized carbons (Fsp3) is 0.875. The Hall–Kier alpha value is -1.12. The van der Waals surface area contributed by atoms with Gasteiger partial charge in [-0.05, 0) is 49.7 Å². The summed E-state index contributed by atoms with van der Waals surface area (Å²) in [5.74, 6) is 0.399. The summed E-state index contributed by atoms with van der Waals surface area (Å²) in [6.07, 6.45) is 6.86. The average molecular weight is 355 g/mol. The molecule has 0 spiro atoms. The maximum atomic E-state index is 11.5. The number of hydrogen-bond acceptors (Lipinski definition) is 6. The van der Waals surface area contributed by atoms with Gasteiger partial charge in [-0.3, -0.25) is 4.79 Å². The molecule has 1 saturated carbocycles. The Bertz CT molecular complexity index is 474. The number of carbonyl (C=O) groups excluding carboxylic acids is 1. The summed E-state index contributed by atoms with van der Waals surface area (Å²) >= 11 is 4.92. The van der Waals surface area contributed by atoms with Crippen LogP contribution in [-0.2, 0) is 14.3 Å². The molecule has 0 bridgehead atoms. The summed E-state index contributed by atoms with van der Waals surface area (Å²) in [5, 5.41) is 21.8. The van der Waals surface area contributed by atoms with Crippen molar-refractivity contribution < 1.29 is 19.4 Å². The lowest BCUT2D eigenvalue weighted by atomic mass is 9.66. The van der Waals surface area contributed by atoms with E-state index >= 15 is 0 Å². The number of rotatable bonds is 6. The van der Waals surface area contributed by atoms with Gasteiger partial charge in [-0.25, -0.2) is 0 Å². The van der Waals surface area contributed by atoms with E-state index in [1.165, 1.54) is 6.42 Å². The molecule has 2 heterocycles. The second kappa shape index (κ2) is 7.84. The molecule has 0 aromatic heterocycles. The van der Waals surface area contributed by atoms with E-state index in [1.807, 2.05) is 0 Å². The molecule has 1 saturated heterocycles. The van der Waals surface area contributed by atoms with Gasteiger partial charge >= 0.3 is 5.17 Å². The van der Waals surface area contributed by atoms with Crippen LogP contribution in [-0.4, -0.2) is 41.9 Å². The summed E-state index contributed by atoms with van der Waals surface area (Å²) in [4.78, 5) is 11.3. The van der Waals surface area contributed by atoms with E-state index in [9.17, 15) is 9.90 Å². The highest BCUT2D eigenvalue weighted by atomic mass is 32.1. The van der Waals surface area contributed by atoms with Crippen LogP contribution in [0.1, 0.15) is 44.9 Å². The molecule has 2 N–H and O–H groups in total. The molecule has 8 heteroatoms. The Morgan fingerprint density at radius 2 is 1.88 bits per heavy atom. The Morgan fingerprint density at radius 3 is 2.46 bits per heavy atom. The number of ether oxygens (including phenoxy) is 2. The van der Waals surface area contributed by atoms with Gasteiger partial charge in [0.25, 0.3) is 6.23 Å². The molecule has 2 aliphatic heterocycles. The van der Waals surface area contributed by atoms with Gasteiger partial charge in [-0.15, -0.1) is 10.2 Å². The molecule has 0 aromatic rings. The highest BCUT2D eigenvalue weighted by Gasteiger charge is 2.53. The first-order valence-electron chi connectivity index (χ1n) is 8.78. The predicted octanol–water partition coefficient (Wildman–Crippen LogP) is 2.14. The highest BCUT2D eigenvalue weighted by molar-refractivity contribution is 7.80. The van der Waals surface area contributed by atoms with Crippen LogP contribution in [0.3, 0.4) is 0 Å². The number of thiocarbonyl (C=S) groups is 1. The van der Waals surface area contributed by atoms with Crippen molar-refractivity contribution in [3.63, 3.8) is 0 Å². The zero-order valence-corrected chi connectivity index (χ0v) is 14.5. The lowest BCUT2D eigenvalue weighted by molar-refractivity contribution is -0.169. The first kappa shape index (κ1) is 17.7. The second-order valence-corrected chi connectivity index (χ2v) is 7.26. The van der Waals surface area contributed by atoms with Crippen molar-refractivity contribution in [2.75, 3.05) is 13.2 Å². The fourth-order valence-corrected chi connectivity index (χ4v) is 4.66. The minimum absolute atomic E-state index is 0.000459. The van der Waals surface area contributed by atoms with E-state index in [4.69, 9.17) is 21.7 Å². The quantitative estimate of drug-likeness (QED) is 0.433. The van der Waals surface area contributed by atoms with Crippen LogP contribution in [0.4, 0.5) is 0 Å². The molecule has 24 heavy (non-hydrogen) atoms. The maximum absolute atomic E-state index is 11.5. The van der Waals surface area contributed by atoms with Gasteiger partial charge in [0.15, 0.2) is 0 Å². The molecule has 134 valence electrons. The maximum Gasteiger partial charge on any atom is 0.304 e. The van der Waals surface area contributed by atoms with Crippen LogP contribution >= 0.6 is 12.2 Å². The lowest BCUT2D eigenvalue weighted by Crippen LogP contribution is -2.63. The monoisotopic (exact) mass is 355 g/mol. The number of azo groups is 1. The zero-order valence-electron chi connectivity index (χ0n) is 13.7. The molecule has 7 nitrogen and oxygen atoms in total. The number of amides is 1. The molecule has 3 rings (SSSR count). The van der Waals surface area contributed by atoms with E-state index in [-0.39, 0.29) is 17.0 Å². The van der Waals surface area contributed by atoms with Crippen LogP contribution in [0, 0.1) is 17.8 Å². The van der Waals surface area contributed by atoms with Crippen molar-refractivity contribution in [1.29, 1.82) is 0 Å². The van der Waals surface area contributed by atoms with Gasteiger partial charge in [0, 0.05) is 19.1 Å². The van der Waals surface area contributed by atoms with Crippen molar-refractivity contribution in [1.82, 2.24) is 5.32 Å². The van der Waals surface area contributed by atoms with Gasteiger partial charge < -0.3 is 19.9 Å². The summed E-state index contributed by atoms with van der Waals surface area (Å²) < 4.78 is 10.9. The number of aliphatic hydroxyl groups is 1. The topological polar surface area (TPSA) is 92.5 Å². The van der Waals surface area contributed by atoms with Crippen molar-refractivity contribution in [2.45, 2.75) is 56.9 Å². The van der Waals surface area contributed by atoms with Crippen LogP contribution in [0.2, 0.25) is 0 Å². The molecule has 1 amide bonds. The Balaban J connectivity index is 1.90. The number of hydrogen-bond donors (Lipinski definition) is 2. The molecule has 1 aliphatic carbocycles. The summed E-state index contributed by atoms with van der Waals surface area (Å²) in [5.41, 5.74) is -1.60. The summed E-state index contributed by atoms with van der Waals surface area (Å²) in [6, 6.07) is 0. The summed E-state index contributed by atoms with van der Waals surface area (Å²) in [6.45, 7) is 1.35. The first-order valence-corrected chi connectivity index (χ1v) is 9.19. The minimum atomic E-state index is -1.60. The van der Waals surface area contributed by atoms with E-state index < -0.39 is 12.0 Å². The molecule has 3 unspecified atom stereocenters. The van der Waals surface area contributed by atoms with Crippen LogP contribution in [0.5, 0.6) is 0 Å². The van der Waals surface area contributed by atoms with Crippen molar-refractivity contribution in [3.05, 3.63) is 0 Å². The largest absolute Gasteiger partial charge is 0.435 e. The minimum Gasteiger partial charge on any atom is -0.435 e. The number of nitrogens with one attached hydrogen (secondary N) is 1. The molecule has 2 fully saturated rings. The second-order valence-electron chi connectivity index (χ2n) is 6.91. The Labute approximate surface area is 147 Å². The molecule has 0 radical (unpaired) electrons. The van der Waals surface area contributed by atoms with Gasteiger partial charge in [0.1, 0.15) is 0 Å². The molecule has 3 atom stereocenters. The fourth-order valence-electron chi connectivity index (χ4n) is 4.52. The lowest BCUT2D eigenvalue weighted by Gasteiger charge is -2.47. The smallest absolute Gasteiger partial charge is 0.304 e. The van der Waals surface area contributed by atoms with Crippen LogP contribution in [0.15, 0.2) is 10.2 Å². The van der Waals surface area contributed by atoms with E-state index in [2.05, 4.69) is 15.5 Å². The van der Waals surface area contributed by atoms with Crippen molar-refractivity contribution in [2.24, 2.45) is 28.0 Å². The van der Waals surface area contributed by atoms with E-state index in [0.29, 0.717) is 25.5 Å². The first-order chi connectivity index (χ1) is 11.6. The summed E-state index contributed by atoms with van der Waals surface area (Å²) in [7, 11) is 0. The van der Waals surface area contributed by atoms with E-state index in [0.717, 1.165) is 38.5 Å². The normalized spacial score (nSPS) is 29.7. The third-order valence-electron chi connectivity index (χ3n) is 5.56. The van der Waals surface area contributed by atoms with Crippen molar-refractivity contribution >= 4 is 23.8 Å². The molecule has 0 aromatic carbocycles. The highest BCUT2D eigenvalue weighted by Crippen LogP contribution is 2.45. The molecular formula is C16H25N3O4S. The van der Waals surface area contributed by atoms with Gasteiger partial charge in [-0.1, -0.05) is 19.3 Å². The average Bonchev–Trinajstić information content (AvgIpc) is 3.04. The van der Waals surface area contributed by atoms with Gasteiger partial charge in [0.05, 0.1) is 0 Å². The SMILES string of the molecule is O=CNC(O)(C1N=NC(=S)O1)C(C1CCCCC1)C1CCOCC1. The predicted molar refractivity (Wildman–Crippen MR) is 90.1 cm³/mol. The number of nitrogens with zero attached hydrogens (tertiary/aromatic N) is 2. The molecule has 3 aliphatic rings. The zero-order chi connectivity index (χ0) is 17.0. The third-order valence-corrected chi connectivity index (χ3v) is 5.74. The standard InChI is InChI=1S/C16H25N3O4S/c20-10-17-16(21,14-18-19-15(24)23-14)13(11-4-2-1-3-5-11)12-6-8-22-9-7-12/h10-14,21H,1-9H2,(H,17,20). The Kier molecular flexibility index (Phi) is 5.78. The Morgan fingerprint density at radius 1 is 1.21 bits per heavy atom.